The van der Waals surface area contributed by atoms with Crippen molar-refractivity contribution in [2.75, 3.05) is 24.2 Å². The summed E-state index contributed by atoms with van der Waals surface area (Å²) in [4.78, 5) is 11.9. The predicted molar refractivity (Wildman–Crippen MR) is 89.8 cm³/mol. The number of carbonyl (C=O) groups excluding carboxylic acids is 1. The lowest BCUT2D eigenvalue weighted by molar-refractivity contribution is 0.252. The summed E-state index contributed by atoms with van der Waals surface area (Å²) in [7, 11) is -3.16. The highest BCUT2D eigenvalue weighted by atomic mass is 32.2. The Morgan fingerprint density at radius 2 is 1.68 bits per heavy atom. The lowest BCUT2D eigenvalue weighted by Crippen LogP contribution is -2.33. The van der Waals surface area contributed by atoms with Crippen LogP contribution in [0.2, 0.25) is 0 Å². The third-order valence-electron chi connectivity index (χ3n) is 3.26. The maximum atomic E-state index is 11.9. The Hall–Kier alpha value is -1.60. The summed E-state index contributed by atoms with van der Waals surface area (Å²) in [5.41, 5.74) is 4.01. The van der Waals surface area contributed by atoms with Crippen molar-refractivity contribution in [2.45, 2.75) is 34.1 Å². The van der Waals surface area contributed by atoms with Gasteiger partial charge in [-0.1, -0.05) is 17.7 Å². The van der Waals surface area contributed by atoms with Gasteiger partial charge in [0, 0.05) is 18.8 Å². The van der Waals surface area contributed by atoms with Crippen LogP contribution in [0.4, 0.5) is 10.5 Å². The number of anilines is 1. The van der Waals surface area contributed by atoms with Crippen LogP contribution in [0.5, 0.6) is 0 Å². The van der Waals surface area contributed by atoms with Crippen molar-refractivity contribution in [2.24, 2.45) is 0 Å². The van der Waals surface area contributed by atoms with E-state index >= 15 is 0 Å². The Balaban J connectivity index is 2.39. The molecule has 0 bridgehead atoms. The lowest BCUT2D eigenvalue weighted by atomic mass is 10.1. The van der Waals surface area contributed by atoms with E-state index in [4.69, 9.17) is 0 Å². The summed E-state index contributed by atoms with van der Waals surface area (Å²) in [6.45, 7) is 8.23. The number of urea groups is 1. The monoisotopic (exact) mass is 327 g/mol. The molecule has 1 rings (SSSR count). The average molecular weight is 327 g/mol. The van der Waals surface area contributed by atoms with Gasteiger partial charge in [0.05, 0.1) is 5.75 Å². The lowest BCUT2D eigenvalue weighted by Gasteiger charge is -2.13. The zero-order chi connectivity index (χ0) is 16.8. The third kappa shape index (κ3) is 6.03. The highest BCUT2D eigenvalue weighted by molar-refractivity contribution is 7.89. The van der Waals surface area contributed by atoms with E-state index in [1.165, 1.54) is 0 Å². The summed E-state index contributed by atoms with van der Waals surface area (Å²) in [5, 5.41) is 5.55. The van der Waals surface area contributed by atoms with Crippen LogP contribution in [0, 0.1) is 20.8 Å². The molecule has 22 heavy (non-hydrogen) atoms. The van der Waals surface area contributed by atoms with E-state index in [0.717, 1.165) is 22.4 Å². The van der Waals surface area contributed by atoms with Gasteiger partial charge in [-0.25, -0.2) is 17.9 Å². The molecule has 124 valence electrons. The smallest absolute Gasteiger partial charge is 0.319 e. The van der Waals surface area contributed by atoms with Gasteiger partial charge in [-0.3, -0.25) is 0 Å². The molecule has 2 amide bonds. The van der Waals surface area contributed by atoms with Gasteiger partial charge in [-0.2, -0.15) is 0 Å². The van der Waals surface area contributed by atoms with Crippen LogP contribution in [0.25, 0.3) is 0 Å². The number of sulfonamides is 1. The quantitative estimate of drug-likeness (QED) is 0.670. The summed E-state index contributed by atoms with van der Waals surface area (Å²) in [6, 6.07) is 3.75. The minimum atomic E-state index is -3.16. The summed E-state index contributed by atoms with van der Waals surface area (Å²) < 4.78 is 24.9. The number of aryl methyl sites for hydroxylation is 3. The standard InChI is InChI=1S/C15H25N3O3S/c1-5-22(20,21)17-8-6-7-16-15(19)18-14-12(3)9-11(2)10-13(14)4/h9-10,17H,5-8H2,1-4H3,(H2,16,18,19). The second kappa shape index (κ2) is 8.14. The van der Waals surface area contributed by atoms with Crippen molar-refractivity contribution >= 4 is 21.7 Å². The molecule has 1 aromatic rings. The molecule has 3 N–H and O–H groups in total. The Labute approximate surface area is 132 Å². The largest absolute Gasteiger partial charge is 0.338 e. The summed E-state index contributed by atoms with van der Waals surface area (Å²) in [5.74, 6) is 0.0624. The molecule has 1 aromatic carbocycles. The average Bonchev–Trinajstić information content (AvgIpc) is 2.42. The van der Waals surface area contributed by atoms with Crippen molar-refractivity contribution in [3.05, 3.63) is 28.8 Å². The third-order valence-corrected chi connectivity index (χ3v) is 4.66. The molecule has 0 aromatic heterocycles. The molecule has 7 heteroatoms. The number of amides is 2. The van der Waals surface area contributed by atoms with Crippen molar-refractivity contribution in [1.29, 1.82) is 0 Å². The fourth-order valence-electron chi connectivity index (χ4n) is 2.15. The van der Waals surface area contributed by atoms with Crippen molar-refractivity contribution in [3.63, 3.8) is 0 Å². The van der Waals surface area contributed by atoms with E-state index in [0.29, 0.717) is 19.5 Å². The molecule has 0 aliphatic rings. The molecule has 0 saturated heterocycles. The van der Waals surface area contributed by atoms with Gasteiger partial charge in [-0.05, 0) is 45.2 Å². The Morgan fingerprint density at radius 1 is 1.09 bits per heavy atom. The fraction of sp³-hybridized carbons (Fsp3) is 0.533. The van der Waals surface area contributed by atoms with Crippen molar-refractivity contribution < 1.29 is 13.2 Å². The van der Waals surface area contributed by atoms with Gasteiger partial charge in [0.25, 0.3) is 0 Å². The van der Waals surface area contributed by atoms with Crippen LogP contribution in [0.1, 0.15) is 30.0 Å². The molecule has 0 fully saturated rings. The molecule has 0 spiro atoms. The van der Waals surface area contributed by atoms with E-state index in [-0.39, 0.29) is 11.8 Å². The summed E-state index contributed by atoms with van der Waals surface area (Å²) >= 11 is 0. The predicted octanol–water partition coefficient (Wildman–Crippen LogP) is 2.06. The molecular formula is C15H25N3O3S. The maximum absolute atomic E-state index is 11.9. The van der Waals surface area contributed by atoms with E-state index in [2.05, 4.69) is 15.4 Å². The topological polar surface area (TPSA) is 87.3 Å². The van der Waals surface area contributed by atoms with Gasteiger partial charge in [0.2, 0.25) is 10.0 Å². The Bertz CT molecular complexity index is 604. The zero-order valence-electron chi connectivity index (χ0n) is 13.6. The van der Waals surface area contributed by atoms with Crippen molar-refractivity contribution in [3.8, 4) is 0 Å². The van der Waals surface area contributed by atoms with Crippen LogP contribution in [0.15, 0.2) is 12.1 Å². The van der Waals surface area contributed by atoms with Crippen LogP contribution in [0.3, 0.4) is 0 Å². The zero-order valence-corrected chi connectivity index (χ0v) is 14.4. The van der Waals surface area contributed by atoms with E-state index in [1.807, 2.05) is 32.9 Å². The minimum Gasteiger partial charge on any atom is -0.338 e. The highest BCUT2D eigenvalue weighted by Gasteiger charge is 2.08. The molecule has 0 aliphatic heterocycles. The van der Waals surface area contributed by atoms with Crippen LogP contribution < -0.4 is 15.4 Å². The number of nitrogens with one attached hydrogen (secondary N) is 3. The van der Waals surface area contributed by atoms with Crippen molar-refractivity contribution in [1.82, 2.24) is 10.0 Å². The molecule has 0 saturated carbocycles. The molecule has 0 radical (unpaired) electrons. The number of carbonyl (C=O) groups is 1. The van der Waals surface area contributed by atoms with E-state index < -0.39 is 10.0 Å². The fourth-order valence-corrected chi connectivity index (χ4v) is 2.81. The maximum Gasteiger partial charge on any atom is 0.319 e. The van der Waals surface area contributed by atoms with E-state index in [9.17, 15) is 13.2 Å². The van der Waals surface area contributed by atoms with Gasteiger partial charge in [0.15, 0.2) is 0 Å². The summed E-state index contributed by atoms with van der Waals surface area (Å²) in [6.07, 6.45) is 0.540. The molecule has 0 unspecified atom stereocenters. The number of hydrogen-bond donors (Lipinski definition) is 3. The Kier molecular flexibility index (Phi) is 6.83. The first-order valence-corrected chi connectivity index (χ1v) is 9.00. The molecule has 0 aliphatic carbocycles. The minimum absolute atomic E-state index is 0.0624. The van der Waals surface area contributed by atoms with Crippen LogP contribution >= 0.6 is 0 Å². The Morgan fingerprint density at radius 3 is 2.23 bits per heavy atom. The van der Waals surface area contributed by atoms with Gasteiger partial charge >= 0.3 is 6.03 Å². The number of hydrogen-bond acceptors (Lipinski definition) is 3. The SMILES string of the molecule is CCS(=O)(=O)NCCCNC(=O)Nc1c(C)cc(C)cc1C. The number of benzene rings is 1. The second-order valence-electron chi connectivity index (χ2n) is 5.31. The molecule has 6 nitrogen and oxygen atoms in total. The molecule has 0 heterocycles. The van der Waals surface area contributed by atoms with Gasteiger partial charge in [0.1, 0.15) is 0 Å². The highest BCUT2D eigenvalue weighted by Crippen LogP contribution is 2.21. The molecular weight excluding hydrogens is 302 g/mol. The van der Waals surface area contributed by atoms with Gasteiger partial charge in [-0.15, -0.1) is 0 Å². The normalized spacial score (nSPS) is 11.3. The molecule has 0 atom stereocenters. The second-order valence-corrected chi connectivity index (χ2v) is 7.40. The number of rotatable bonds is 7. The first-order valence-electron chi connectivity index (χ1n) is 7.35. The van der Waals surface area contributed by atoms with Crippen LogP contribution in [-0.4, -0.2) is 33.3 Å². The first kappa shape index (κ1) is 18.4. The van der Waals surface area contributed by atoms with Gasteiger partial charge < -0.3 is 10.6 Å². The van der Waals surface area contributed by atoms with E-state index in [1.54, 1.807) is 6.92 Å². The first-order chi connectivity index (χ1) is 10.2. The van der Waals surface area contributed by atoms with Crippen LogP contribution in [-0.2, 0) is 10.0 Å².